The number of hydrogen-bond donors (Lipinski definition) is 0. The molecule has 1 fully saturated rings. The molecule has 2 aromatic heterocycles. The Kier molecular flexibility index (Phi) is 5.05. The van der Waals surface area contributed by atoms with Gasteiger partial charge in [-0.3, -0.25) is 4.79 Å². The van der Waals surface area contributed by atoms with Crippen molar-refractivity contribution in [1.82, 2.24) is 4.90 Å². The minimum absolute atomic E-state index is 0.00558. The van der Waals surface area contributed by atoms with Crippen LogP contribution in [0.1, 0.15) is 36.9 Å². The van der Waals surface area contributed by atoms with Gasteiger partial charge in [-0.2, -0.15) is 0 Å². The standard InChI is InChI=1S/C21H23NO3S2/c1-14-11-22(13-21(2,3)25-14)20(23)19-16(12-27-18-9-6-10-26-18)15-7-4-5-8-17(15)24-19/h4-10,14H,11-13H2,1-3H3/t14-/m0/s1. The summed E-state index contributed by atoms with van der Waals surface area (Å²) in [5.74, 6) is 1.13. The van der Waals surface area contributed by atoms with Gasteiger partial charge in [0.05, 0.1) is 15.9 Å². The lowest BCUT2D eigenvalue weighted by Crippen LogP contribution is -2.53. The lowest BCUT2D eigenvalue weighted by molar-refractivity contribution is -0.119. The second-order valence-corrected chi connectivity index (χ2v) is 9.72. The fraction of sp³-hybridized carbons (Fsp3) is 0.381. The zero-order valence-corrected chi connectivity index (χ0v) is 17.4. The Hall–Kier alpha value is -1.76. The van der Waals surface area contributed by atoms with Crippen molar-refractivity contribution in [2.45, 2.75) is 42.4 Å². The molecular formula is C21H23NO3S2. The lowest BCUT2D eigenvalue weighted by atomic mass is 10.0. The fourth-order valence-electron chi connectivity index (χ4n) is 3.66. The molecule has 1 aromatic carbocycles. The molecule has 1 aliphatic heterocycles. The average molecular weight is 402 g/mol. The largest absolute Gasteiger partial charge is 0.451 e. The first kappa shape index (κ1) is 18.6. The Morgan fingerprint density at radius 1 is 1.30 bits per heavy atom. The first-order chi connectivity index (χ1) is 12.9. The topological polar surface area (TPSA) is 42.7 Å². The van der Waals surface area contributed by atoms with E-state index in [4.69, 9.17) is 9.15 Å². The zero-order valence-electron chi connectivity index (χ0n) is 15.7. The van der Waals surface area contributed by atoms with Crippen LogP contribution in [0, 0.1) is 0 Å². The minimum atomic E-state index is -0.356. The smallest absolute Gasteiger partial charge is 0.290 e. The van der Waals surface area contributed by atoms with Crippen molar-refractivity contribution in [2.75, 3.05) is 13.1 Å². The van der Waals surface area contributed by atoms with Crippen LogP contribution in [0.3, 0.4) is 0 Å². The van der Waals surface area contributed by atoms with Crippen LogP contribution in [0.4, 0.5) is 0 Å². The predicted octanol–water partition coefficient (Wildman–Crippen LogP) is 5.43. The van der Waals surface area contributed by atoms with Crippen LogP contribution in [-0.2, 0) is 10.5 Å². The van der Waals surface area contributed by atoms with Gasteiger partial charge in [-0.1, -0.05) is 24.3 Å². The van der Waals surface area contributed by atoms with Gasteiger partial charge in [0.1, 0.15) is 5.58 Å². The van der Waals surface area contributed by atoms with Gasteiger partial charge in [0, 0.05) is 29.8 Å². The number of rotatable bonds is 4. The molecule has 0 unspecified atom stereocenters. The molecule has 6 heteroatoms. The van der Waals surface area contributed by atoms with Gasteiger partial charge < -0.3 is 14.1 Å². The summed E-state index contributed by atoms with van der Waals surface area (Å²) in [6.45, 7) is 7.19. The molecule has 1 amide bonds. The Labute approximate surface area is 167 Å². The summed E-state index contributed by atoms with van der Waals surface area (Å²) < 4.78 is 13.2. The number of hydrogen-bond acceptors (Lipinski definition) is 5. The highest BCUT2D eigenvalue weighted by Gasteiger charge is 2.36. The van der Waals surface area contributed by atoms with Crippen LogP contribution >= 0.6 is 23.1 Å². The van der Waals surface area contributed by atoms with E-state index in [1.165, 1.54) is 4.21 Å². The van der Waals surface area contributed by atoms with Crippen molar-refractivity contribution in [2.24, 2.45) is 0 Å². The van der Waals surface area contributed by atoms with E-state index in [0.29, 0.717) is 24.6 Å². The quantitative estimate of drug-likeness (QED) is 0.547. The second-order valence-electron chi connectivity index (χ2n) is 7.50. The fourth-order valence-corrected chi connectivity index (χ4v) is 5.47. The predicted molar refractivity (Wildman–Crippen MR) is 111 cm³/mol. The van der Waals surface area contributed by atoms with Gasteiger partial charge in [-0.05, 0) is 38.3 Å². The van der Waals surface area contributed by atoms with Crippen LogP contribution < -0.4 is 0 Å². The van der Waals surface area contributed by atoms with E-state index in [9.17, 15) is 4.79 Å². The maximum absolute atomic E-state index is 13.4. The van der Waals surface area contributed by atoms with Gasteiger partial charge in [0.15, 0.2) is 5.76 Å². The molecule has 4 nitrogen and oxygen atoms in total. The zero-order chi connectivity index (χ0) is 19.0. The van der Waals surface area contributed by atoms with E-state index < -0.39 is 0 Å². The SMILES string of the molecule is C[C@H]1CN(C(=O)c2oc3ccccc3c2CSc2cccs2)CC(C)(C)O1. The average Bonchev–Trinajstić information content (AvgIpc) is 3.25. The first-order valence-corrected chi connectivity index (χ1v) is 10.9. The maximum atomic E-state index is 13.4. The third kappa shape index (κ3) is 3.93. The van der Waals surface area contributed by atoms with Crippen LogP contribution in [0.5, 0.6) is 0 Å². The number of nitrogens with zero attached hydrogens (tertiary/aromatic N) is 1. The monoisotopic (exact) mass is 401 g/mol. The van der Waals surface area contributed by atoms with Crippen molar-refractivity contribution in [1.29, 1.82) is 0 Å². The number of furan rings is 1. The summed E-state index contributed by atoms with van der Waals surface area (Å²) in [4.78, 5) is 15.2. The molecule has 3 heterocycles. The summed E-state index contributed by atoms with van der Waals surface area (Å²) in [6, 6.07) is 12.0. The van der Waals surface area contributed by atoms with E-state index >= 15 is 0 Å². The molecule has 142 valence electrons. The molecule has 1 atom stereocenters. The number of thioether (sulfide) groups is 1. The van der Waals surface area contributed by atoms with Gasteiger partial charge in [0.25, 0.3) is 5.91 Å². The van der Waals surface area contributed by atoms with E-state index in [0.717, 1.165) is 16.5 Å². The van der Waals surface area contributed by atoms with Gasteiger partial charge in [-0.25, -0.2) is 0 Å². The van der Waals surface area contributed by atoms with Gasteiger partial charge in [0.2, 0.25) is 0 Å². The number of carbonyl (C=O) groups excluding carboxylic acids is 1. The molecule has 27 heavy (non-hydrogen) atoms. The Morgan fingerprint density at radius 3 is 2.85 bits per heavy atom. The van der Waals surface area contributed by atoms with Crippen molar-refractivity contribution in [3.05, 3.63) is 53.1 Å². The number of morpholine rings is 1. The summed E-state index contributed by atoms with van der Waals surface area (Å²) in [7, 11) is 0. The van der Waals surface area contributed by atoms with Crippen LogP contribution in [0.25, 0.3) is 11.0 Å². The molecule has 0 N–H and O–H groups in total. The van der Waals surface area contributed by atoms with Crippen LogP contribution in [-0.4, -0.2) is 35.6 Å². The molecular weight excluding hydrogens is 378 g/mol. The number of fused-ring (bicyclic) bond motifs is 1. The molecule has 3 aromatic rings. The van der Waals surface area contributed by atoms with Crippen molar-refractivity contribution < 1.29 is 13.9 Å². The summed E-state index contributed by atoms with van der Waals surface area (Å²) in [5.41, 5.74) is 1.39. The van der Waals surface area contributed by atoms with Crippen molar-refractivity contribution in [3.8, 4) is 0 Å². The third-order valence-corrected chi connectivity index (χ3v) is 6.76. The van der Waals surface area contributed by atoms with Crippen LogP contribution in [0.2, 0.25) is 0 Å². The number of para-hydroxylation sites is 1. The van der Waals surface area contributed by atoms with Crippen molar-refractivity contribution in [3.63, 3.8) is 0 Å². The van der Waals surface area contributed by atoms with E-state index in [-0.39, 0.29) is 17.6 Å². The van der Waals surface area contributed by atoms with E-state index in [1.54, 1.807) is 23.1 Å². The molecule has 0 radical (unpaired) electrons. The number of benzene rings is 1. The molecule has 0 aliphatic carbocycles. The summed E-state index contributed by atoms with van der Waals surface area (Å²) in [6.07, 6.45) is 0.00558. The number of thiophene rings is 1. The Balaban J connectivity index is 1.67. The second kappa shape index (κ2) is 7.34. The molecule has 1 saturated heterocycles. The summed E-state index contributed by atoms with van der Waals surface area (Å²) in [5, 5.41) is 3.09. The van der Waals surface area contributed by atoms with Crippen LogP contribution in [0.15, 0.2) is 50.4 Å². The van der Waals surface area contributed by atoms with Gasteiger partial charge in [-0.15, -0.1) is 23.1 Å². The highest BCUT2D eigenvalue weighted by atomic mass is 32.2. The molecule has 4 rings (SSSR count). The lowest BCUT2D eigenvalue weighted by Gasteiger charge is -2.41. The maximum Gasteiger partial charge on any atom is 0.290 e. The highest BCUT2D eigenvalue weighted by Crippen LogP contribution is 2.35. The molecule has 0 saturated carbocycles. The summed E-state index contributed by atoms with van der Waals surface area (Å²) >= 11 is 3.45. The Bertz CT molecular complexity index is 946. The van der Waals surface area contributed by atoms with E-state index in [2.05, 4.69) is 11.4 Å². The number of ether oxygens (including phenoxy) is 1. The molecule has 1 aliphatic rings. The first-order valence-electron chi connectivity index (χ1n) is 9.07. The number of amides is 1. The molecule has 0 spiro atoms. The normalized spacial score (nSPS) is 19.5. The number of carbonyl (C=O) groups is 1. The minimum Gasteiger partial charge on any atom is -0.451 e. The van der Waals surface area contributed by atoms with Gasteiger partial charge >= 0.3 is 0 Å². The highest BCUT2D eigenvalue weighted by molar-refractivity contribution is 8.00. The third-order valence-electron chi connectivity index (χ3n) is 4.60. The Morgan fingerprint density at radius 2 is 2.11 bits per heavy atom. The van der Waals surface area contributed by atoms with E-state index in [1.807, 2.05) is 56.0 Å². The van der Waals surface area contributed by atoms with Crippen molar-refractivity contribution >= 4 is 40.0 Å². The molecule has 0 bridgehead atoms.